The molecule has 0 aliphatic heterocycles. The third kappa shape index (κ3) is 3.64. The van der Waals surface area contributed by atoms with Crippen LogP contribution in [0.15, 0.2) is 36.5 Å². The quantitative estimate of drug-likeness (QED) is 0.714. The van der Waals surface area contributed by atoms with Crippen molar-refractivity contribution in [2.75, 3.05) is 7.05 Å². The number of hydrogen-bond donors (Lipinski definition) is 0. The molecule has 1 atom stereocenters. The Kier molecular flexibility index (Phi) is 5.28. The maximum atomic E-state index is 6.24. The van der Waals surface area contributed by atoms with Crippen LogP contribution in [0, 0.1) is 0 Å². The van der Waals surface area contributed by atoms with Gasteiger partial charge in [0.25, 0.3) is 0 Å². The lowest BCUT2D eigenvalue weighted by Gasteiger charge is -2.26. The molecule has 0 radical (unpaired) electrons. The molecule has 1 unspecified atom stereocenters. The number of nitrogens with zero attached hydrogens (tertiary/aromatic N) is 2. The van der Waals surface area contributed by atoms with E-state index in [2.05, 4.69) is 16.8 Å². The van der Waals surface area contributed by atoms with E-state index in [4.69, 9.17) is 34.8 Å². The van der Waals surface area contributed by atoms with Gasteiger partial charge >= 0.3 is 0 Å². The van der Waals surface area contributed by atoms with Gasteiger partial charge in [-0.25, -0.2) is 4.98 Å². The Morgan fingerprint density at radius 1 is 1.15 bits per heavy atom. The van der Waals surface area contributed by atoms with E-state index < -0.39 is 0 Å². The van der Waals surface area contributed by atoms with Crippen molar-refractivity contribution in [1.29, 1.82) is 0 Å². The number of pyridine rings is 1. The van der Waals surface area contributed by atoms with E-state index in [0.29, 0.717) is 16.7 Å². The smallest absolute Gasteiger partial charge is 0.130 e. The number of rotatable bonds is 4. The molecule has 0 bridgehead atoms. The number of halogens is 3. The third-order valence-electron chi connectivity index (χ3n) is 3.33. The maximum absolute atomic E-state index is 6.24. The van der Waals surface area contributed by atoms with Crippen LogP contribution in [-0.4, -0.2) is 16.9 Å². The first-order valence-corrected chi connectivity index (χ1v) is 7.37. The second kappa shape index (κ2) is 6.77. The minimum absolute atomic E-state index is 0.176. The van der Waals surface area contributed by atoms with Crippen LogP contribution in [0.4, 0.5) is 0 Å². The Labute approximate surface area is 134 Å². The van der Waals surface area contributed by atoms with Crippen molar-refractivity contribution in [1.82, 2.24) is 9.88 Å². The van der Waals surface area contributed by atoms with Gasteiger partial charge in [-0.05, 0) is 31.7 Å². The van der Waals surface area contributed by atoms with Gasteiger partial charge in [0.1, 0.15) is 5.15 Å². The number of aromatic nitrogens is 1. The van der Waals surface area contributed by atoms with Crippen molar-refractivity contribution in [2.45, 2.75) is 19.5 Å². The van der Waals surface area contributed by atoms with E-state index in [1.165, 1.54) is 0 Å². The number of hydrogen-bond acceptors (Lipinski definition) is 2. The minimum atomic E-state index is 0.176. The summed E-state index contributed by atoms with van der Waals surface area (Å²) in [4.78, 5) is 6.24. The van der Waals surface area contributed by atoms with E-state index in [-0.39, 0.29) is 6.04 Å². The van der Waals surface area contributed by atoms with Gasteiger partial charge in [0, 0.05) is 34.4 Å². The van der Waals surface area contributed by atoms with Crippen molar-refractivity contribution in [3.63, 3.8) is 0 Å². The van der Waals surface area contributed by atoms with Crippen LogP contribution in [0.3, 0.4) is 0 Å². The molecule has 0 spiro atoms. The van der Waals surface area contributed by atoms with Crippen LogP contribution in [0.1, 0.15) is 24.1 Å². The average molecular weight is 330 g/mol. The summed E-state index contributed by atoms with van der Waals surface area (Å²) in [5, 5.41) is 1.80. The van der Waals surface area contributed by atoms with Gasteiger partial charge in [-0.1, -0.05) is 53.0 Å². The minimum Gasteiger partial charge on any atom is -0.295 e. The molecule has 0 aliphatic rings. The molecule has 5 heteroatoms. The van der Waals surface area contributed by atoms with Crippen molar-refractivity contribution >= 4 is 34.8 Å². The van der Waals surface area contributed by atoms with Crippen molar-refractivity contribution in [3.05, 3.63) is 62.9 Å². The normalized spacial score (nSPS) is 12.7. The summed E-state index contributed by atoms with van der Waals surface area (Å²) in [6, 6.07) is 9.69. The molecular weight excluding hydrogens is 315 g/mol. The van der Waals surface area contributed by atoms with Crippen LogP contribution in [0.25, 0.3) is 0 Å². The van der Waals surface area contributed by atoms with E-state index in [1.54, 1.807) is 12.3 Å². The second-order valence-corrected chi connectivity index (χ2v) is 5.91. The maximum Gasteiger partial charge on any atom is 0.130 e. The summed E-state index contributed by atoms with van der Waals surface area (Å²) in [7, 11) is 2.03. The van der Waals surface area contributed by atoms with E-state index >= 15 is 0 Å². The lowest BCUT2D eigenvalue weighted by Crippen LogP contribution is -2.22. The lowest BCUT2D eigenvalue weighted by molar-refractivity contribution is 0.253. The van der Waals surface area contributed by atoms with Gasteiger partial charge in [-0.2, -0.15) is 0 Å². The molecule has 0 saturated carbocycles. The van der Waals surface area contributed by atoms with Crippen LogP contribution >= 0.6 is 34.8 Å². The van der Waals surface area contributed by atoms with Crippen LogP contribution < -0.4 is 0 Å². The zero-order chi connectivity index (χ0) is 14.7. The highest BCUT2D eigenvalue weighted by Gasteiger charge is 2.16. The van der Waals surface area contributed by atoms with Crippen LogP contribution in [0.5, 0.6) is 0 Å². The van der Waals surface area contributed by atoms with Gasteiger partial charge in [0.05, 0.1) is 0 Å². The fraction of sp³-hybridized carbons (Fsp3) is 0.267. The first-order chi connectivity index (χ1) is 9.49. The second-order valence-electron chi connectivity index (χ2n) is 4.71. The highest BCUT2D eigenvalue weighted by Crippen LogP contribution is 2.28. The first-order valence-electron chi connectivity index (χ1n) is 6.23. The number of benzene rings is 1. The van der Waals surface area contributed by atoms with Gasteiger partial charge in [0.15, 0.2) is 0 Å². The van der Waals surface area contributed by atoms with Gasteiger partial charge in [0.2, 0.25) is 0 Å². The molecule has 2 nitrogen and oxygen atoms in total. The van der Waals surface area contributed by atoms with Crippen molar-refractivity contribution in [3.8, 4) is 0 Å². The Bertz CT molecular complexity index is 601. The molecule has 0 N–H and O–H groups in total. The van der Waals surface area contributed by atoms with Crippen molar-refractivity contribution < 1.29 is 0 Å². The van der Waals surface area contributed by atoms with Gasteiger partial charge in [-0.15, -0.1) is 0 Å². The van der Waals surface area contributed by atoms with Gasteiger partial charge < -0.3 is 0 Å². The molecule has 2 rings (SSSR count). The molecule has 2 aromatic rings. The zero-order valence-corrected chi connectivity index (χ0v) is 13.5. The molecule has 1 heterocycles. The predicted molar refractivity (Wildman–Crippen MR) is 85.6 cm³/mol. The predicted octanol–water partition coefficient (Wildman–Crippen LogP) is 5.23. The van der Waals surface area contributed by atoms with E-state index in [0.717, 1.165) is 16.1 Å². The summed E-state index contributed by atoms with van der Waals surface area (Å²) in [5.41, 5.74) is 2.03. The lowest BCUT2D eigenvalue weighted by atomic mass is 10.1. The van der Waals surface area contributed by atoms with Crippen LogP contribution in [0.2, 0.25) is 15.2 Å². The largest absolute Gasteiger partial charge is 0.295 e. The first kappa shape index (κ1) is 15.6. The average Bonchev–Trinajstić information content (AvgIpc) is 2.41. The Morgan fingerprint density at radius 2 is 1.85 bits per heavy atom. The SMILES string of the molecule is CC(c1ccccc1Cl)N(C)Cc1cnc(Cl)cc1Cl. The molecule has 0 saturated heterocycles. The van der Waals surface area contributed by atoms with E-state index in [9.17, 15) is 0 Å². The summed E-state index contributed by atoms with van der Waals surface area (Å²) in [5.74, 6) is 0. The zero-order valence-electron chi connectivity index (χ0n) is 11.3. The van der Waals surface area contributed by atoms with Gasteiger partial charge in [-0.3, -0.25) is 4.90 Å². The standard InChI is InChI=1S/C15H15Cl3N2/c1-10(12-5-3-4-6-13(12)16)20(2)9-11-8-19-15(18)7-14(11)17/h3-8,10H,9H2,1-2H3. The third-order valence-corrected chi connectivity index (χ3v) is 4.24. The Hall–Kier alpha value is -0.800. The monoisotopic (exact) mass is 328 g/mol. The fourth-order valence-corrected chi connectivity index (χ4v) is 2.73. The summed E-state index contributed by atoms with van der Waals surface area (Å²) >= 11 is 18.2. The topological polar surface area (TPSA) is 16.1 Å². The molecular formula is C15H15Cl3N2. The van der Waals surface area contributed by atoms with Crippen LogP contribution in [-0.2, 0) is 6.54 Å². The van der Waals surface area contributed by atoms with E-state index in [1.807, 2.05) is 31.3 Å². The molecule has 20 heavy (non-hydrogen) atoms. The molecule has 0 aliphatic carbocycles. The fourth-order valence-electron chi connectivity index (χ4n) is 2.01. The molecule has 1 aromatic carbocycles. The highest BCUT2D eigenvalue weighted by atomic mass is 35.5. The summed E-state index contributed by atoms with van der Waals surface area (Å²) in [6.45, 7) is 2.79. The van der Waals surface area contributed by atoms with Crippen molar-refractivity contribution in [2.24, 2.45) is 0 Å². The molecule has 106 valence electrons. The summed E-state index contributed by atoms with van der Waals surface area (Å²) in [6.07, 6.45) is 1.71. The molecule has 0 amide bonds. The summed E-state index contributed by atoms with van der Waals surface area (Å²) < 4.78 is 0. The molecule has 1 aromatic heterocycles. The highest BCUT2D eigenvalue weighted by molar-refractivity contribution is 6.34. The Morgan fingerprint density at radius 3 is 2.50 bits per heavy atom. The molecule has 0 fully saturated rings. The Balaban J connectivity index is 2.15.